The molecule has 0 atom stereocenters. The van der Waals surface area contributed by atoms with Gasteiger partial charge in [-0.25, -0.2) is 13.4 Å². The van der Waals surface area contributed by atoms with Crippen LogP contribution in [0.1, 0.15) is 11.1 Å². The summed E-state index contributed by atoms with van der Waals surface area (Å²) in [7, 11) is -2.25. The van der Waals surface area contributed by atoms with Gasteiger partial charge in [-0.05, 0) is 53.0 Å². The molecule has 2 aromatic rings. The van der Waals surface area contributed by atoms with Crippen LogP contribution < -0.4 is 9.21 Å². The molecule has 2 heterocycles. The lowest BCUT2D eigenvalue weighted by atomic mass is 10.1. The number of carbonyl (C=O) groups excluding carboxylic acids is 1. The first-order chi connectivity index (χ1) is 11.2. The lowest BCUT2D eigenvalue weighted by Crippen LogP contribution is -2.47. The molecule has 0 saturated heterocycles. The SMILES string of the molecule is Cc1cc(Br)ncc1S(=O)(=O)N1CC(=O)N(C)c2cccc(C)c21. The summed E-state index contributed by atoms with van der Waals surface area (Å²) in [6, 6.07) is 7.02. The molecule has 0 unspecified atom stereocenters. The molecule has 0 N–H and O–H groups in total. The van der Waals surface area contributed by atoms with E-state index < -0.39 is 10.0 Å². The van der Waals surface area contributed by atoms with Crippen LogP contribution in [0.25, 0.3) is 0 Å². The summed E-state index contributed by atoms with van der Waals surface area (Å²) in [6.07, 6.45) is 1.31. The predicted molar refractivity (Wildman–Crippen MR) is 95.8 cm³/mol. The molecule has 0 spiro atoms. The Bertz CT molecular complexity index is 944. The molecule has 1 aromatic heterocycles. The molecule has 1 aliphatic rings. The van der Waals surface area contributed by atoms with Crippen LogP contribution >= 0.6 is 15.9 Å². The number of carbonyl (C=O) groups is 1. The molecule has 0 bridgehead atoms. The van der Waals surface area contributed by atoms with Crippen molar-refractivity contribution in [1.29, 1.82) is 0 Å². The van der Waals surface area contributed by atoms with Crippen LogP contribution in [0.2, 0.25) is 0 Å². The van der Waals surface area contributed by atoms with E-state index in [0.717, 1.165) is 5.56 Å². The molecule has 1 aliphatic heterocycles. The monoisotopic (exact) mass is 409 g/mol. The van der Waals surface area contributed by atoms with Crippen LogP contribution in [0.4, 0.5) is 11.4 Å². The van der Waals surface area contributed by atoms with Crippen molar-refractivity contribution in [3.63, 3.8) is 0 Å². The summed E-state index contributed by atoms with van der Waals surface area (Å²) in [5.41, 5.74) is 2.47. The van der Waals surface area contributed by atoms with Gasteiger partial charge < -0.3 is 4.90 Å². The molecule has 24 heavy (non-hydrogen) atoms. The third-order valence-corrected chi connectivity index (χ3v) is 6.39. The van der Waals surface area contributed by atoms with Crippen molar-refractivity contribution in [3.8, 4) is 0 Å². The molecule has 1 amide bonds. The van der Waals surface area contributed by atoms with Gasteiger partial charge in [-0.2, -0.15) is 0 Å². The van der Waals surface area contributed by atoms with Crippen LogP contribution in [0, 0.1) is 13.8 Å². The number of pyridine rings is 1. The number of hydrogen-bond donors (Lipinski definition) is 0. The number of benzene rings is 1. The third kappa shape index (κ3) is 2.59. The Morgan fingerprint density at radius 1 is 1.21 bits per heavy atom. The second kappa shape index (κ2) is 5.86. The van der Waals surface area contributed by atoms with Crippen molar-refractivity contribution >= 4 is 43.2 Å². The van der Waals surface area contributed by atoms with Gasteiger partial charge in [0, 0.05) is 13.2 Å². The number of amides is 1. The molecule has 1 aromatic carbocycles. The van der Waals surface area contributed by atoms with Gasteiger partial charge in [-0.15, -0.1) is 0 Å². The number of fused-ring (bicyclic) bond motifs is 1. The molecule has 0 aliphatic carbocycles. The van der Waals surface area contributed by atoms with E-state index in [1.54, 1.807) is 32.2 Å². The maximum absolute atomic E-state index is 13.2. The molecular formula is C16H16BrN3O3S. The first kappa shape index (κ1) is 16.9. The van der Waals surface area contributed by atoms with Gasteiger partial charge in [-0.1, -0.05) is 12.1 Å². The minimum atomic E-state index is -3.90. The minimum Gasteiger partial charge on any atom is -0.312 e. The Balaban J connectivity index is 2.22. The molecule has 6 nitrogen and oxygen atoms in total. The highest BCUT2D eigenvalue weighted by atomic mass is 79.9. The second-order valence-electron chi connectivity index (χ2n) is 5.68. The number of sulfonamides is 1. The Hall–Kier alpha value is -1.93. The predicted octanol–water partition coefficient (Wildman–Crippen LogP) is 2.63. The summed E-state index contributed by atoms with van der Waals surface area (Å²) in [5, 5.41) is 0. The number of likely N-dealkylation sites (N-methyl/N-ethyl adjacent to an activating group) is 1. The molecule has 3 rings (SSSR count). The van der Waals surface area contributed by atoms with Gasteiger partial charge in [0.2, 0.25) is 5.91 Å². The van der Waals surface area contributed by atoms with Gasteiger partial charge in [-0.3, -0.25) is 9.10 Å². The van der Waals surface area contributed by atoms with Crippen molar-refractivity contribution in [3.05, 3.63) is 46.2 Å². The van der Waals surface area contributed by atoms with Crippen molar-refractivity contribution in [2.45, 2.75) is 18.7 Å². The molecule has 0 saturated carbocycles. The fourth-order valence-electron chi connectivity index (χ4n) is 2.78. The van der Waals surface area contributed by atoms with Gasteiger partial charge in [0.25, 0.3) is 10.0 Å². The summed E-state index contributed by atoms with van der Waals surface area (Å²) in [5.74, 6) is -0.278. The van der Waals surface area contributed by atoms with Crippen LogP contribution in [-0.4, -0.2) is 32.9 Å². The number of rotatable bonds is 2. The van der Waals surface area contributed by atoms with E-state index in [1.807, 2.05) is 13.0 Å². The maximum atomic E-state index is 13.2. The van der Waals surface area contributed by atoms with Crippen molar-refractivity contribution in [2.24, 2.45) is 0 Å². The standard InChI is InChI=1S/C16H16BrN3O3S/c1-10-5-4-6-12-16(10)20(9-15(21)19(12)3)24(22,23)13-8-18-14(17)7-11(13)2/h4-8H,9H2,1-3H3. The molecule has 126 valence electrons. The van der Waals surface area contributed by atoms with Gasteiger partial charge in [0.05, 0.1) is 11.4 Å². The van der Waals surface area contributed by atoms with Crippen LogP contribution in [-0.2, 0) is 14.8 Å². The molecule has 0 radical (unpaired) electrons. The van der Waals surface area contributed by atoms with E-state index in [0.29, 0.717) is 21.5 Å². The smallest absolute Gasteiger partial charge is 0.266 e. The Morgan fingerprint density at radius 2 is 1.92 bits per heavy atom. The van der Waals surface area contributed by atoms with E-state index in [1.165, 1.54) is 15.4 Å². The van der Waals surface area contributed by atoms with Crippen molar-refractivity contribution in [1.82, 2.24) is 4.98 Å². The minimum absolute atomic E-state index is 0.0947. The summed E-state index contributed by atoms with van der Waals surface area (Å²) in [6.45, 7) is 3.31. The van der Waals surface area contributed by atoms with Crippen LogP contribution in [0.15, 0.2) is 40.0 Å². The first-order valence-electron chi connectivity index (χ1n) is 7.24. The number of anilines is 2. The number of halogens is 1. The van der Waals surface area contributed by atoms with Gasteiger partial charge in [0.1, 0.15) is 16.0 Å². The highest BCUT2D eigenvalue weighted by molar-refractivity contribution is 9.10. The zero-order valence-electron chi connectivity index (χ0n) is 13.4. The zero-order chi connectivity index (χ0) is 17.6. The fraction of sp³-hybridized carbons (Fsp3) is 0.250. The van der Waals surface area contributed by atoms with E-state index in [-0.39, 0.29) is 17.3 Å². The zero-order valence-corrected chi connectivity index (χ0v) is 15.8. The fourth-order valence-corrected chi connectivity index (χ4v) is 4.88. The van der Waals surface area contributed by atoms with Crippen LogP contribution in [0.5, 0.6) is 0 Å². The Labute approximate surface area is 149 Å². The third-order valence-electron chi connectivity index (χ3n) is 4.08. The van der Waals surface area contributed by atoms with E-state index in [9.17, 15) is 13.2 Å². The number of aromatic nitrogens is 1. The number of nitrogens with zero attached hydrogens (tertiary/aromatic N) is 3. The maximum Gasteiger partial charge on any atom is 0.266 e. The normalized spacial score (nSPS) is 14.8. The largest absolute Gasteiger partial charge is 0.312 e. The lowest BCUT2D eigenvalue weighted by molar-refractivity contribution is -0.117. The lowest BCUT2D eigenvalue weighted by Gasteiger charge is -2.35. The van der Waals surface area contributed by atoms with E-state index >= 15 is 0 Å². The average Bonchev–Trinajstić information content (AvgIpc) is 2.50. The van der Waals surface area contributed by atoms with Crippen LogP contribution in [0.3, 0.4) is 0 Å². The van der Waals surface area contributed by atoms with Gasteiger partial charge >= 0.3 is 0 Å². The second-order valence-corrected chi connectivity index (χ2v) is 8.32. The average molecular weight is 410 g/mol. The quantitative estimate of drug-likeness (QED) is 0.714. The first-order valence-corrected chi connectivity index (χ1v) is 9.48. The number of para-hydroxylation sites is 1. The van der Waals surface area contributed by atoms with Gasteiger partial charge in [0.15, 0.2) is 0 Å². The highest BCUT2D eigenvalue weighted by Gasteiger charge is 2.36. The van der Waals surface area contributed by atoms with Crippen molar-refractivity contribution in [2.75, 3.05) is 22.8 Å². The number of hydrogen-bond acceptors (Lipinski definition) is 4. The van der Waals surface area contributed by atoms with Crippen molar-refractivity contribution < 1.29 is 13.2 Å². The topological polar surface area (TPSA) is 70.6 Å². The van der Waals surface area contributed by atoms with E-state index in [2.05, 4.69) is 20.9 Å². The summed E-state index contributed by atoms with van der Waals surface area (Å²) >= 11 is 3.23. The summed E-state index contributed by atoms with van der Waals surface area (Å²) in [4.78, 5) is 17.9. The van der Waals surface area contributed by atoms with E-state index in [4.69, 9.17) is 0 Å². The highest BCUT2D eigenvalue weighted by Crippen LogP contribution is 2.39. The number of aryl methyl sites for hydroxylation is 2. The molecule has 8 heteroatoms. The Kier molecular flexibility index (Phi) is 4.13. The Morgan fingerprint density at radius 3 is 2.58 bits per heavy atom. The summed E-state index contributed by atoms with van der Waals surface area (Å²) < 4.78 is 28.1. The molecular weight excluding hydrogens is 394 g/mol. The molecule has 0 fully saturated rings.